The Morgan fingerprint density at radius 2 is 2.15 bits per heavy atom. The molecule has 0 aromatic heterocycles. The molecule has 0 radical (unpaired) electrons. The third-order valence-corrected chi connectivity index (χ3v) is 2.28. The number of oxime groups is 1. The molecule has 0 spiro atoms. The van der Waals surface area contributed by atoms with E-state index < -0.39 is 5.60 Å². The summed E-state index contributed by atoms with van der Waals surface area (Å²) >= 11 is 0. The first kappa shape index (κ1) is 8.26. The lowest BCUT2D eigenvalue weighted by atomic mass is 9.92. The van der Waals surface area contributed by atoms with Crippen LogP contribution in [0, 0.1) is 0 Å². The maximum atomic E-state index is 9.26. The van der Waals surface area contributed by atoms with Crippen molar-refractivity contribution in [1.29, 1.82) is 0 Å². The topological polar surface area (TPSA) is 41.8 Å². The smallest absolute Gasteiger partial charge is 0.190 e. The maximum Gasteiger partial charge on any atom is 0.190 e. The molecule has 1 aliphatic rings. The fraction of sp³-hybridized carbons (Fsp3) is 0.300. The quantitative estimate of drug-likeness (QED) is 0.739. The first-order valence-electron chi connectivity index (χ1n) is 4.24. The standard InChI is InChI=1S/C10H11NO2/c12-8-10(6-7-11-13-10)9-4-2-1-3-5-9/h1-5,7,12H,6,8H2. The average molecular weight is 177 g/mol. The molecule has 2 rings (SSSR count). The Bertz CT molecular complexity index is 300. The number of nitrogens with zero attached hydrogens (tertiary/aromatic N) is 1. The summed E-state index contributed by atoms with van der Waals surface area (Å²) in [6.07, 6.45) is 2.32. The van der Waals surface area contributed by atoms with Crippen molar-refractivity contribution >= 4 is 6.21 Å². The van der Waals surface area contributed by atoms with Crippen LogP contribution in [0.15, 0.2) is 35.5 Å². The highest BCUT2D eigenvalue weighted by molar-refractivity contribution is 5.61. The van der Waals surface area contributed by atoms with Gasteiger partial charge in [0.2, 0.25) is 0 Å². The summed E-state index contributed by atoms with van der Waals surface area (Å²) in [7, 11) is 0. The minimum absolute atomic E-state index is 0.0446. The maximum absolute atomic E-state index is 9.26. The minimum Gasteiger partial charge on any atom is -0.392 e. The summed E-state index contributed by atoms with van der Waals surface area (Å²) in [6, 6.07) is 9.66. The van der Waals surface area contributed by atoms with Crippen molar-refractivity contribution in [1.82, 2.24) is 0 Å². The molecular formula is C10H11NO2. The Morgan fingerprint density at radius 1 is 1.38 bits per heavy atom. The SMILES string of the molecule is OCC1(c2ccccc2)CC=NO1. The molecule has 1 aliphatic heterocycles. The van der Waals surface area contributed by atoms with E-state index >= 15 is 0 Å². The molecular weight excluding hydrogens is 166 g/mol. The molecule has 1 aromatic rings. The zero-order chi connectivity index (χ0) is 9.15. The third kappa shape index (κ3) is 1.31. The van der Waals surface area contributed by atoms with E-state index in [1.807, 2.05) is 30.3 Å². The van der Waals surface area contributed by atoms with Crippen molar-refractivity contribution in [2.45, 2.75) is 12.0 Å². The van der Waals surface area contributed by atoms with Gasteiger partial charge in [-0.3, -0.25) is 0 Å². The van der Waals surface area contributed by atoms with Gasteiger partial charge in [-0.25, -0.2) is 0 Å². The largest absolute Gasteiger partial charge is 0.392 e. The number of rotatable bonds is 2. The highest BCUT2D eigenvalue weighted by atomic mass is 16.7. The molecule has 68 valence electrons. The van der Waals surface area contributed by atoms with Gasteiger partial charge in [0.05, 0.1) is 6.61 Å². The molecule has 13 heavy (non-hydrogen) atoms. The van der Waals surface area contributed by atoms with Crippen LogP contribution in [-0.4, -0.2) is 17.9 Å². The lowest BCUT2D eigenvalue weighted by molar-refractivity contribution is -0.0620. The van der Waals surface area contributed by atoms with Crippen LogP contribution in [0.5, 0.6) is 0 Å². The molecule has 0 aliphatic carbocycles. The molecule has 0 saturated carbocycles. The van der Waals surface area contributed by atoms with Gasteiger partial charge in [0.25, 0.3) is 0 Å². The number of aliphatic hydroxyl groups excluding tert-OH is 1. The van der Waals surface area contributed by atoms with Gasteiger partial charge in [-0.15, -0.1) is 0 Å². The molecule has 0 saturated heterocycles. The molecule has 1 heterocycles. The van der Waals surface area contributed by atoms with Crippen LogP contribution >= 0.6 is 0 Å². The van der Waals surface area contributed by atoms with Gasteiger partial charge >= 0.3 is 0 Å². The summed E-state index contributed by atoms with van der Waals surface area (Å²) in [4.78, 5) is 5.20. The van der Waals surface area contributed by atoms with Gasteiger partial charge in [-0.2, -0.15) is 0 Å². The number of benzene rings is 1. The fourth-order valence-corrected chi connectivity index (χ4v) is 1.46. The second kappa shape index (κ2) is 3.18. The Hall–Kier alpha value is -1.35. The van der Waals surface area contributed by atoms with Gasteiger partial charge in [0.15, 0.2) is 5.60 Å². The van der Waals surface area contributed by atoms with E-state index in [1.165, 1.54) is 0 Å². The normalized spacial score (nSPS) is 25.9. The van der Waals surface area contributed by atoms with E-state index in [9.17, 15) is 5.11 Å². The predicted molar refractivity (Wildman–Crippen MR) is 49.4 cm³/mol. The van der Waals surface area contributed by atoms with Crippen molar-refractivity contribution in [3.63, 3.8) is 0 Å². The van der Waals surface area contributed by atoms with Crippen LogP contribution in [0.2, 0.25) is 0 Å². The monoisotopic (exact) mass is 177 g/mol. The summed E-state index contributed by atoms with van der Waals surface area (Å²) in [5.74, 6) is 0. The van der Waals surface area contributed by atoms with Crippen LogP contribution in [0.25, 0.3) is 0 Å². The van der Waals surface area contributed by atoms with Gasteiger partial charge in [-0.05, 0) is 0 Å². The van der Waals surface area contributed by atoms with E-state index in [0.29, 0.717) is 6.42 Å². The second-order valence-electron chi connectivity index (χ2n) is 3.10. The summed E-state index contributed by atoms with van der Waals surface area (Å²) in [5, 5.41) is 13.0. The second-order valence-corrected chi connectivity index (χ2v) is 3.10. The lowest BCUT2D eigenvalue weighted by Gasteiger charge is -2.23. The van der Waals surface area contributed by atoms with Gasteiger partial charge < -0.3 is 9.94 Å². The Balaban J connectivity index is 2.32. The molecule has 3 nitrogen and oxygen atoms in total. The van der Waals surface area contributed by atoms with E-state index in [1.54, 1.807) is 6.21 Å². The summed E-state index contributed by atoms with van der Waals surface area (Å²) in [6.45, 7) is -0.0446. The molecule has 0 fully saturated rings. The van der Waals surface area contributed by atoms with Gasteiger partial charge in [0.1, 0.15) is 0 Å². The van der Waals surface area contributed by atoms with E-state index in [-0.39, 0.29) is 6.61 Å². The fourth-order valence-electron chi connectivity index (χ4n) is 1.46. The molecule has 1 atom stereocenters. The first-order valence-corrected chi connectivity index (χ1v) is 4.24. The van der Waals surface area contributed by atoms with Crippen molar-refractivity contribution in [2.75, 3.05) is 6.61 Å². The molecule has 1 unspecified atom stereocenters. The Morgan fingerprint density at radius 3 is 2.69 bits per heavy atom. The summed E-state index contributed by atoms with van der Waals surface area (Å²) in [5.41, 5.74) is 0.330. The number of hydrogen-bond acceptors (Lipinski definition) is 3. The average Bonchev–Trinajstić information content (AvgIpc) is 2.69. The zero-order valence-corrected chi connectivity index (χ0v) is 7.18. The van der Waals surface area contributed by atoms with E-state index in [4.69, 9.17) is 4.84 Å². The first-order chi connectivity index (χ1) is 6.37. The van der Waals surface area contributed by atoms with E-state index in [2.05, 4.69) is 5.16 Å². The van der Waals surface area contributed by atoms with Crippen molar-refractivity contribution < 1.29 is 9.94 Å². The number of hydrogen-bond donors (Lipinski definition) is 1. The van der Waals surface area contributed by atoms with Crippen molar-refractivity contribution in [3.8, 4) is 0 Å². The zero-order valence-electron chi connectivity index (χ0n) is 7.18. The molecule has 3 heteroatoms. The summed E-state index contributed by atoms with van der Waals surface area (Å²) < 4.78 is 0. The molecule has 1 aromatic carbocycles. The van der Waals surface area contributed by atoms with Crippen LogP contribution in [0.3, 0.4) is 0 Å². The third-order valence-electron chi connectivity index (χ3n) is 2.28. The van der Waals surface area contributed by atoms with Crippen molar-refractivity contribution in [3.05, 3.63) is 35.9 Å². The van der Waals surface area contributed by atoms with Crippen molar-refractivity contribution in [2.24, 2.45) is 5.16 Å². The predicted octanol–water partition coefficient (Wildman–Crippen LogP) is 1.28. The molecule has 1 N–H and O–H groups in total. The highest BCUT2D eigenvalue weighted by Crippen LogP contribution is 2.31. The minimum atomic E-state index is -0.638. The molecule has 0 amide bonds. The lowest BCUT2D eigenvalue weighted by Crippen LogP contribution is -2.29. The van der Waals surface area contributed by atoms with Crippen LogP contribution in [0.4, 0.5) is 0 Å². The number of aliphatic hydroxyl groups is 1. The van der Waals surface area contributed by atoms with E-state index in [0.717, 1.165) is 5.56 Å². The van der Waals surface area contributed by atoms with Gasteiger partial charge in [0, 0.05) is 18.2 Å². The van der Waals surface area contributed by atoms with Gasteiger partial charge in [-0.1, -0.05) is 35.5 Å². The Kier molecular flexibility index (Phi) is 2.02. The van der Waals surface area contributed by atoms with Crippen LogP contribution < -0.4 is 0 Å². The van der Waals surface area contributed by atoms with Crippen LogP contribution in [0.1, 0.15) is 12.0 Å². The Labute approximate surface area is 76.6 Å². The highest BCUT2D eigenvalue weighted by Gasteiger charge is 2.36. The van der Waals surface area contributed by atoms with Crippen LogP contribution in [-0.2, 0) is 10.4 Å². The molecule has 0 bridgehead atoms.